The Morgan fingerprint density at radius 1 is 1.29 bits per heavy atom. The number of hydrogen-bond donors (Lipinski definition) is 1. The van der Waals surface area contributed by atoms with Gasteiger partial charge in [-0.1, -0.05) is 18.2 Å². The lowest BCUT2D eigenvalue weighted by atomic mass is 9.91. The molecule has 1 aromatic heterocycles. The van der Waals surface area contributed by atoms with E-state index in [-0.39, 0.29) is 18.6 Å². The third-order valence-corrected chi connectivity index (χ3v) is 4.41. The lowest BCUT2D eigenvalue weighted by Gasteiger charge is -2.42. The number of rotatable bonds is 3. The van der Waals surface area contributed by atoms with E-state index in [9.17, 15) is 9.90 Å². The molecule has 126 valence electrons. The summed E-state index contributed by atoms with van der Waals surface area (Å²) < 4.78 is 5.93. The SMILES string of the molecule is Cc1ncccc1C(=O)N1CC[C@H](Oc2ccccc2)[C@@](C)(O)C1. The standard InChI is InChI=1S/C19H22N2O3/c1-14-16(9-6-11-20-14)18(22)21-12-10-17(19(2,23)13-21)24-15-7-4-3-5-8-15/h3-9,11,17,23H,10,12-13H2,1-2H3/t17-,19-/m0/s1. The number of aliphatic hydroxyl groups is 1. The molecule has 24 heavy (non-hydrogen) atoms. The molecule has 0 unspecified atom stereocenters. The zero-order valence-electron chi connectivity index (χ0n) is 14.0. The molecule has 1 aromatic carbocycles. The zero-order valence-corrected chi connectivity index (χ0v) is 14.0. The molecule has 0 bridgehead atoms. The number of nitrogens with zero attached hydrogens (tertiary/aromatic N) is 2. The van der Waals surface area contributed by atoms with E-state index in [0.717, 1.165) is 5.75 Å². The maximum Gasteiger partial charge on any atom is 0.255 e. The van der Waals surface area contributed by atoms with Crippen LogP contribution in [0.3, 0.4) is 0 Å². The first kappa shape index (κ1) is 16.5. The van der Waals surface area contributed by atoms with Gasteiger partial charge in [0.05, 0.1) is 12.1 Å². The second-order valence-corrected chi connectivity index (χ2v) is 6.43. The highest BCUT2D eigenvalue weighted by Crippen LogP contribution is 2.27. The number of aryl methyl sites for hydroxylation is 1. The number of para-hydroxylation sites is 1. The minimum atomic E-state index is -1.11. The molecule has 3 rings (SSSR count). The molecule has 1 fully saturated rings. The fourth-order valence-corrected chi connectivity index (χ4v) is 3.05. The molecular weight excluding hydrogens is 304 g/mol. The molecule has 0 radical (unpaired) electrons. The number of pyridine rings is 1. The zero-order chi connectivity index (χ0) is 17.2. The molecule has 2 heterocycles. The van der Waals surface area contributed by atoms with Gasteiger partial charge in [0, 0.05) is 24.9 Å². The van der Waals surface area contributed by atoms with Gasteiger partial charge in [-0.05, 0) is 38.1 Å². The third kappa shape index (κ3) is 3.41. The van der Waals surface area contributed by atoms with E-state index in [2.05, 4.69) is 4.98 Å². The van der Waals surface area contributed by atoms with Crippen molar-refractivity contribution in [3.05, 3.63) is 59.9 Å². The van der Waals surface area contributed by atoms with Crippen LogP contribution in [-0.2, 0) is 0 Å². The van der Waals surface area contributed by atoms with E-state index in [1.807, 2.05) is 37.3 Å². The van der Waals surface area contributed by atoms with Crippen molar-refractivity contribution in [2.24, 2.45) is 0 Å². The fraction of sp³-hybridized carbons (Fsp3) is 0.368. The van der Waals surface area contributed by atoms with E-state index < -0.39 is 5.60 Å². The second kappa shape index (κ2) is 6.61. The van der Waals surface area contributed by atoms with Gasteiger partial charge in [0.2, 0.25) is 0 Å². The van der Waals surface area contributed by atoms with E-state index in [0.29, 0.717) is 24.2 Å². The van der Waals surface area contributed by atoms with Crippen LogP contribution in [0.2, 0.25) is 0 Å². The van der Waals surface area contributed by atoms with Gasteiger partial charge < -0.3 is 14.7 Å². The van der Waals surface area contributed by atoms with Crippen molar-refractivity contribution in [2.75, 3.05) is 13.1 Å². The maximum atomic E-state index is 12.7. The molecule has 1 aliphatic heterocycles. The van der Waals surface area contributed by atoms with Gasteiger partial charge in [0.25, 0.3) is 5.91 Å². The van der Waals surface area contributed by atoms with Crippen LogP contribution >= 0.6 is 0 Å². The van der Waals surface area contributed by atoms with E-state index in [4.69, 9.17) is 4.74 Å². The topological polar surface area (TPSA) is 62.7 Å². The van der Waals surface area contributed by atoms with Crippen molar-refractivity contribution in [3.63, 3.8) is 0 Å². The number of carbonyl (C=O) groups is 1. The number of piperidine rings is 1. The number of ether oxygens (including phenoxy) is 1. The fourth-order valence-electron chi connectivity index (χ4n) is 3.05. The summed E-state index contributed by atoms with van der Waals surface area (Å²) in [6.45, 7) is 4.31. The van der Waals surface area contributed by atoms with Crippen LogP contribution in [0.1, 0.15) is 29.4 Å². The molecule has 2 atom stereocenters. The van der Waals surface area contributed by atoms with Crippen LogP contribution in [0.4, 0.5) is 0 Å². The number of carbonyl (C=O) groups excluding carboxylic acids is 1. The Morgan fingerprint density at radius 2 is 2.04 bits per heavy atom. The lowest BCUT2D eigenvalue weighted by Crippen LogP contribution is -2.58. The molecule has 0 spiro atoms. The Hall–Kier alpha value is -2.40. The minimum absolute atomic E-state index is 0.0981. The molecule has 5 heteroatoms. The van der Waals surface area contributed by atoms with Crippen molar-refractivity contribution < 1.29 is 14.6 Å². The number of likely N-dealkylation sites (tertiary alicyclic amines) is 1. The number of benzene rings is 1. The van der Waals surface area contributed by atoms with E-state index in [1.54, 1.807) is 30.2 Å². The van der Waals surface area contributed by atoms with Crippen molar-refractivity contribution in [3.8, 4) is 5.75 Å². The van der Waals surface area contributed by atoms with Crippen molar-refractivity contribution in [1.82, 2.24) is 9.88 Å². The van der Waals surface area contributed by atoms with Gasteiger partial charge in [-0.15, -0.1) is 0 Å². The summed E-state index contributed by atoms with van der Waals surface area (Å²) in [6.07, 6.45) is 1.90. The number of hydrogen-bond acceptors (Lipinski definition) is 4. The predicted octanol–water partition coefficient (Wildman–Crippen LogP) is 2.43. The Bertz CT molecular complexity index is 716. The normalized spacial score (nSPS) is 23.8. The van der Waals surface area contributed by atoms with Gasteiger partial charge in [-0.3, -0.25) is 9.78 Å². The maximum absolute atomic E-state index is 12.7. The van der Waals surface area contributed by atoms with Crippen LogP contribution in [0.5, 0.6) is 5.75 Å². The van der Waals surface area contributed by atoms with Crippen LogP contribution in [-0.4, -0.2) is 45.7 Å². The minimum Gasteiger partial charge on any atom is -0.487 e. The molecule has 1 N–H and O–H groups in total. The molecular formula is C19H22N2O3. The highest BCUT2D eigenvalue weighted by Gasteiger charge is 2.41. The smallest absolute Gasteiger partial charge is 0.255 e. The Morgan fingerprint density at radius 3 is 2.71 bits per heavy atom. The molecule has 1 saturated heterocycles. The summed E-state index contributed by atoms with van der Waals surface area (Å²) in [5.74, 6) is 0.629. The molecule has 5 nitrogen and oxygen atoms in total. The highest BCUT2D eigenvalue weighted by molar-refractivity contribution is 5.95. The molecule has 0 aliphatic carbocycles. The first-order valence-corrected chi connectivity index (χ1v) is 8.12. The molecule has 0 saturated carbocycles. The van der Waals surface area contributed by atoms with Gasteiger partial charge >= 0.3 is 0 Å². The quantitative estimate of drug-likeness (QED) is 0.941. The summed E-state index contributed by atoms with van der Waals surface area (Å²) in [5.41, 5.74) is 0.167. The van der Waals surface area contributed by atoms with Crippen LogP contribution in [0.25, 0.3) is 0 Å². The Labute approximate surface area is 141 Å². The predicted molar refractivity (Wildman–Crippen MR) is 91.0 cm³/mol. The summed E-state index contributed by atoms with van der Waals surface area (Å²) in [6, 6.07) is 13.0. The highest BCUT2D eigenvalue weighted by atomic mass is 16.5. The van der Waals surface area contributed by atoms with Gasteiger partial charge in [0.15, 0.2) is 0 Å². The third-order valence-electron chi connectivity index (χ3n) is 4.41. The largest absolute Gasteiger partial charge is 0.487 e. The van der Waals surface area contributed by atoms with Gasteiger partial charge in [0.1, 0.15) is 17.5 Å². The Balaban J connectivity index is 1.71. The summed E-state index contributed by atoms with van der Waals surface area (Å²) in [5, 5.41) is 10.8. The number of amides is 1. The second-order valence-electron chi connectivity index (χ2n) is 6.43. The lowest BCUT2D eigenvalue weighted by molar-refractivity contribution is -0.0899. The summed E-state index contributed by atoms with van der Waals surface area (Å²) in [7, 11) is 0. The Kier molecular flexibility index (Phi) is 4.53. The van der Waals surface area contributed by atoms with Crippen LogP contribution < -0.4 is 4.74 Å². The average Bonchev–Trinajstić information content (AvgIpc) is 2.57. The van der Waals surface area contributed by atoms with Crippen LogP contribution in [0.15, 0.2) is 48.7 Å². The summed E-state index contributed by atoms with van der Waals surface area (Å²) >= 11 is 0. The summed E-state index contributed by atoms with van der Waals surface area (Å²) in [4.78, 5) is 18.6. The van der Waals surface area contributed by atoms with E-state index in [1.165, 1.54) is 0 Å². The molecule has 1 aliphatic rings. The number of β-amino-alcohol motifs (C(OH)–C–C–N with tert-alkyl or cyclic N) is 1. The monoisotopic (exact) mass is 326 g/mol. The first-order valence-electron chi connectivity index (χ1n) is 8.12. The van der Waals surface area contributed by atoms with Crippen molar-refractivity contribution >= 4 is 5.91 Å². The van der Waals surface area contributed by atoms with Crippen LogP contribution in [0, 0.1) is 6.92 Å². The van der Waals surface area contributed by atoms with Gasteiger partial charge in [-0.2, -0.15) is 0 Å². The molecule has 2 aromatic rings. The first-order chi connectivity index (χ1) is 11.5. The van der Waals surface area contributed by atoms with Crippen molar-refractivity contribution in [1.29, 1.82) is 0 Å². The van der Waals surface area contributed by atoms with Gasteiger partial charge in [-0.25, -0.2) is 0 Å². The molecule has 1 amide bonds. The average molecular weight is 326 g/mol. The van der Waals surface area contributed by atoms with Crippen molar-refractivity contribution in [2.45, 2.75) is 32.0 Å². The number of aromatic nitrogens is 1. The van der Waals surface area contributed by atoms with E-state index >= 15 is 0 Å².